The summed E-state index contributed by atoms with van der Waals surface area (Å²) in [6.07, 6.45) is 0. The maximum Gasteiger partial charge on any atom is 0.352 e. The summed E-state index contributed by atoms with van der Waals surface area (Å²) in [6.45, 7) is 1.36. The van der Waals surface area contributed by atoms with Gasteiger partial charge in [0.1, 0.15) is 5.69 Å². The first kappa shape index (κ1) is 14.6. The maximum atomic E-state index is 11.0. The predicted molar refractivity (Wildman–Crippen MR) is 71.6 cm³/mol. The summed E-state index contributed by atoms with van der Waals surface area (Å²) < 4.78 is 5.21. The number of nitrogens with zero attached hydrogens (tertiary/aromatic N) is 4. The van der Waals surface area contributed by atoms with Crippen LogP contribution >= 0.6 is 11.6 Å². The zero-order chi connectivity index (χ0) is 15.6. The van der Waals surface area contributed by atoms with Crippen LogP contribution in [-0.2, 0) is 0 Å². The Hall–Kier alpha value is -2.81. The van der Waals surface area contributed by atoms with Crippen LogP contribution in [0.25, 0.3) is 0 Å². The number of nitro groups is 2. The maximum absolute atomic E-state index is 11.0. The van der Waals surface area contributed by atoms with Gasteiger partial charge in [0.25, 0.3) is 0 Å². The van der Waals surface area contributed by atoms with Gasteiger partial charge < -0.3 is 4.74 Å². The summed E-state index contributed by atoms with van der Waals surface area (Å²) in [6, 6.07) is 5.44. The molecule has 108 valence electrons. The minimum absolute atomic E-state index is 0.00594. The number of rotatable bonds is 4. The molecule has 0 spiro atoms. The minimum atomic E-state index is -0.740. The summed E-state index contributed by atoms with van der Waals surface area (Å²) in [7, 11) is 0. The summed E-state index contributed by atoms with van der Waals surface area (Å²) in [5.74, 6) is -0.633. The molecule has 0 aliphatic carbocycles. The second kappa shape index (κ2) is 5.67. The molecule has 0 fully saturated rings. The topological polar surface area (TPSA) is 121 Å². The number of hydrogen-bond acceptors (Lipinski definition) is 7. The van der Waals surface area contributed by atoms with E-state index in [0.717, 1.165) is 0 Å². The fraction of sp³-hybridized carbons (Fsp3) is 0.0909. The van der Waals surface area contributed by atoms with Crippen LogP contribution in [0.4, 0.5) is 11.4 Å². The van der Waals surface area contributed by atoms with Gasteiger partial charge in [-0.05, 0) is 24.6 Å². The molecule has 9 nitrogen and oxygen atoms in total. The van der Waals surface area contributed by atoms with E-state index in [4.69, 9.17) is 16.3 Å². The number of aryl methyl sites for hydroxylation is 1. The van der Waals surface area contributed by atoms with Crippen LogP contribution in [0.5, 0.6) is 11.6 Å². The highest BCUT2D eigenvalue weighted by Crippen LogP contribution is 2.36. The molecule has 10 heteroatoms. The zero-order valence-electron chi connectivity index (χ0n) is 10.5. The van der Waals surface area contributed by atoms with Crippen LogP contribution in [0.15, 0.2) is 24.3 Å². The van der Waals surface area contributed by atoms with E-state index in [1.165, 1.54) is 31.2 Å². The number of hydrogen-bond donors (Lipinski definition) is 0. The van der Waals surface area contributed by atoms with Crippen molar-refractivity contribution >= 4 is 23.0 Å². The number of para-hydroxylation sites is 2. The SMILES string of the molecule is Cc1nc(Cl)nc(Oc2ccccc2[N+](=O)[O-])c1[N+](=O)[O-]. The number of benzene rings is 1. The Morgan fingerprint density at radius 2 is 1.81 bits per heavy atom. The van der Waals surface area contributed by atoms with Gasteiger partial charge in [-0.2, -0.15) is 4.98 Å². The van der Waals surface area contributed by atoms with Crippen molar-refractivity contribution in [3.8, 4) is 11.6 Å². The first-order valence-electron chi connectivity index (χ1n) is 5.50. The molecular weight excluding hydrogens is 304 g/mol. The van der Waals surface area contributed by atoms with Crippen molar-refractivity contribution in [2.75, 3.05) is 0 Å². The van der Waals surface area contributed by atoms with E-state index in [1.807, 2.05) is 0 Å². The van der Waals surface area contributed by atoms with Crippen molar-refractivity contribution in [3.63, 3.8) is 0 Å². The average molecular weight is 311 g/mol. The Balaban J connectivity index is 2.54. The van der Waals surface area contributed by atoms with E-state index in [2.05, 4.69) is 9.97 Å². The van der Waals surface area contributed by atoms with Crippen molar-refractivity contribution in [3.05, 3.63) is 55.5 Å². The first-order valence-corrected chi connectivity index (χ1v) is 5.87. The Morgan fingerprint density at radius 1 is 1.14 bits per heavy atom. The van der Waals surface area contributed by atoms with Crippen molar-refractivity contribution in [1.29, 1.82) is 0 Å². The molecule has 0 unspecified atom stereocenters. The van der Waals surface area contributed by atoms with Crippen LogP contribution in [0.1, 0.15) is 5.69 Å². The van der Waals surface area contributed by atoms with Crippen LogP contribution < -0.4 is 4.74 Å². The van der Waals surface area contributed by atoms with Crippen LogP contribution in [-0.4, -0.2) is 19.8 Å². The van der Waals surface area contributed by atoms with Crippen molar-refractivity contribution in [1.82, 2.24) is 9.97 Å². The van der Waals surface area contributed by atoms with Crippen molar-refractivity contribution in [2.24, 2.45) is 0 Å². The summed E-state index contributed by atoms with van der Waals surface area (Å²) in [4.78, 5) is 27.8. The molecular formula is C11H7ClN4O5. The lowest BCUT2D eigenvalue weighted by atomic mass is 10.3. The Bertz CT molecular complexity index is 737. The standard InChI is InChI=1S/C11H7ClN4O5/c1-6-9(16(19)20)10(14-11(12)13-6)21-8-5-3-2-4-7(8)15(17)18/h2-5H,1H3. The third kappa shape index (κ3) is 3.03. The highest BCUT2D eigenvalue weighted by molar-refractivity contribution is 6.28. The van der Waals surface area contributed by atoms with Gasteiger partial charge in [-0.25, -0.2) is 4.98 Å². The summed E-state index contributed by atoms with van der Waals surface area (Å²) >= 11 is 5.64. The summed E-state index contributed by atoms with van der Waals surface area (Å²) in [5, 5.41) is 21.7. The lowest BCUT2D eigenvalue weighted by Gasteiger charge is -2.07. The monoisotopic (exact) mass is 310 g/mol. The number of aromatic nitrogens is 2. The molecule has 2 rings (SSSR count). The second-order valence-corrected chi connectivity index (χ2v) is 4.15. The molecule has 0 saturated carbocycles. The Morgan fingerprint density at radius 3 is 2.43 bits per heavy atom. The van der Waals surface area contributed by atoms with Crippen molar-refractivity contribution in [2.45, 2.75) is 6.92 Å². The van der Waals surface area contributed by atoms with E-state index in [1.54, 1.807) is 0 Å². The van der Waals surface area contributed by atoms with Crippen molar-refractivity contribution < 1.29 is 14.6 Å². The Labute approximate surface area is 122 Å². The molecule has 21 heavy (non-hydrogen) atoms. The largest absolute Gasteiger partial charge is 0.426 e. The van der Waals surface area contributed by atoms with Crippen LogP contribution in [0.3, 0.4) is 0 Å². The molecule has 1 aromatic heterocycles. The smallest absolute Gasteiger partial charge is 0.352 e. The second-order valence-electron chi connectivity index (χ2n) is 3.82. The highest BCUT2D eigenvalue weighted by Gasteiger charge is 2.26. The third-order valence-corrected chi connectivity index (χ3v) is 2.62. The predicted octanol–water partition coefficient (Wildman–Crippen LogP) is 3.05. The van der Waals surface area contributed by atoms with E-state index >= 15 is 0 Å². The van der Waals surface area contributed by atoms with E-state index in [9.17, 15) is 20.2 Å². The van der Waals surface area contributed by atoms with E-state index in [-0.39, 0.29) is 22.4 Å². The molecule has 0 amide bonds. The third-order valence-electron chi connectivity index (χ3n) is 2.45. The van der Waals surface area contributed by atoms with Crippen LogP contribution in [0.2, 0.25) is 5.28 Å². The molecule has 2 aromatic rings. The first-order chi connectivity index (χ1) is 9.90. The molecule has 0 aliphatic rings. The van der Waals surface area contributed by atoms with Gasteiger partial charge in [0.15, 0.2) is 0 Å². The minimum Gasteiger partial charge on any atom is -0.426 e. The summed E-state index contributed by atoms with van der Waals surface area (Å²) in [5.41, 5.74) is -0.856. The zero-order valence-corrected chi connectivity index (χ0v) is 11.3. The lowest BCUT2D eigenvalue weighted by molar-refractivity contribution is -0.388. The number of nitro benzene ring substituents is 1. The highest BCUT2D eigenvalue weighted by atomic mass is 35.5. The van der Waals surface area contributed by atoms with Gasteiger partial charge >= 0.3 is 17.3 Å². The van der Waals surface area contributed by atoms with E-state index in [0.29, 0.717) is 0 Å². The molecule has 0 radical (unpaired) electrons. The van der Waals surface area contributed by atoms with Gasteiger partial charge in [0, 0.05) is 6.07 Å². The van der Waals surface area contributed by atoms with Gasteiger partial charge in [0.2, 0.25) is 11.0 Å². The molecule has 0 aliphatic heterocycles. The fourth-order valence-corrected chi connectivity index (χ4v) is 1.79. The number of halogens is 1. The molecule has 0 atom stereocenters. The van der Waals surface area contributed by atoms with Gasteiger partial charge in [0.05, 0.1) is 9.85 Å². The van der Waals surface area contributed by atoms with E-state index < -0.39 is 21.4 Å². The fourth-order valence-electron chi connectivity index (χ4n) is 1.59. The van der Waals surface area contributed by atoms with Gasteiger partial charge in [-0.3, -0.25) is 20.2 Å². The van der Waals surface area contributed by atoms with Gasteiger partial charge in [-0.1, -0.05) is 12.1 Å². The lowest BCUT2D eigenvalue weighted by Crippen LogP contribution is -2.02. The van der Waals surface area contributed by atoms with Gasteiger partial charge in [-0.15, -0.1) is 0 Å². The molecule has 0 bridgehead atoms. The molecule has 1 aromatic carbocycles. The normalized spacial score (nSPS) is 10.2. The number of ether oxygens (including phenoxy) is 1. The van der Waals surface area contributed by atoms with Crippen LogP contribution in [0, 0.1) is 27.2 Å². The molecule has 0 saturated heterocycles. The quantitative estimate of drug-likeness (QED) is 0.483. The molecule has 1 heterocycles. The average Bonchev–Trinajstić information content (AvgIpc) is 2.37. The Kier molecular flexibility index (Phi) is 3.94. The molecule has 0 N–H and O–H groups in total.